The maximum Gasteiger partial charge on any atom is 0.122 e. The number of methoxy groups -OCH3 is 1. The normalized spacial score (nSPS) is 25.9. The number of hydrogen-bond acceptors (Lipinski definition) is 4. The number of pyridine rings is 1. The van der Waals surface area contributed by atoms with Crippen molar-refractivity contribution in [2.75, 3.05) is 26.7 Å². The van der Waals surface area contributed by atoms with Gasteiger partial charge >= 0.3 is 0 Å². The van der Waals surface area contributed by atoms with Crippen LogP contribution in [0.15, 0.2) is 12.1 Å². The van der Waals surface area contributed by atoms with Crippen molar-refractivity contribution in [3.63, 3.8) is 0 Å². The lowest BCUT2D eigenvalue weighted by Crippen LogP contribution is -2.44. The molecule has 0 aliphatic carbocycles. The van der Waals surface area contributed by atoms with Crippen LogP contribution < -0.4 is 10.1 Å². The first-order chi connectivity index (χ1) is 9.24. The monoisotopic (exact) mass is 297 g/mol. The minimum Gasteiger partial charge on any atom is -0.497 e. The van der Waals surface area contributed by atoms with Crippen molar-refractivity contribution in [3.05, 3.63) is 23.5 Å². The van der Waals surface area contributed by atoms with E-state index in [1.165, 1.54) is 32.5 Å². The zero-order chi connectivity index (χ0) is 13.2. The summed E-state index contributed by atoms with van der Waals surface area (Å²) in [4.78, 5) is 7.16. The lowest BCUT2D eigenvalue weighted by molar-refractivity contribution is 0.154. The Kier molecular flexibility index (Phi) is 5.24. The van der Waals surface area contributed by atoms with Crippen LogP contribution in [0.5, 0.6) is 5.75 Å². The third-order valence-corrected chi connectivity index (χ3v) is 4.34. The molecule has 3 heterocycles. The average molecular weight is 298 g/mol. The van der Waals surface area contributed by atoms with E-state index in [4.69, 9.17) is 4.74 Å². The van der Waals surface area contributed by atoms with Gasteiger partial charge in [0.05, 0.1) is 12.8 Å². The SMILES string of the molecule is COc1cc(C)nc(CN2CCC3NCCC3C2)c1.Cl. The minimum absolute atomic E-state index is 0. The van der Waals surface area contributed by atoms with Crippen molar-refractivity contribution in [1.29, 1.82) is 0 Å². The number of aryl methyl sites for hydroxylation is 1. The third kappa shape index (κ3) is 3.43. The number of nitrogens with zero attached hydrogens (tertiary/aromatic N) is 2. The minimum atomic E-state index is 0. The number of piperidine rings is 1. The number of hydrogen-bond donors (Lipinski definition) is 1. The van der Waals surface area contributed by atoms with Crippen LogP contribution in [0.1, 0.15) is 24.2 Å². The van der Waals surface area contributed by atoms with Gasteiger partial charge in [0.1, 0.15) is 5.75 Å². The van der Waals surface area contributed by atoms with Crippen molar-refractivity contribution < 1.29 is 4.74 Å². The van der Waals surface area contributed by atoms with Crippen LogP contribution in [-0.2, 0) is 6.54 Å². The molecule has 4 nitrogen and oxygen atoms in total. The second-order valence-electron chi connectivity index (χ2n) is 5.77. The highest BCUT2D eigenvalue weighted by molar-refractivity contribution is 5.85. The van der Waals surface area contributed by atoms with Gasteiger partial charge < -0.3 is 10.1 Å². The highest BCUT2D eigenvalue weighted by Crippen LogP contribution is 2.25. The van der Waals surface area contributed by atoms with E-state index in [1.807, 2.05) is 13.0 Å². The predicted octanol–water partition coefficient (Wildman–Crippen LogP) is 2.00. The van der Waals surface area contributed by atoms with Crippen molar-refractivity contribution in [3.8, 4) is 5.75 Å². The maximum atomic E-state index is 5.33. The van der Waals surface area contributed by atoms with Gasteiger partial charge in [-0.15, -0.1) is 12.4 Å². The number of aromatic nitrogens is 1. The summed E-state index contributed by atoms with van der Waals surface area (Å²) in [5, 5.41) is 3.61. The first-order valence-electron chi connectivity index (χ1n) is 7.22. The highest BCUT2D eigenvalue weighted by Gasteiger charge is 2.32. The summed E-state index contributed by atoms with van der Waals surface area (Å²) >= 11 is 0. The summed E-state index contributed by atoms with van der Waals surface area (Å²) in [7, 11) is 1.72. The molecule has 0 bridgehead atoms. The molecule has 3 rings (SSSR count). The summed E-state index contributed by atoms with van der Waals surface area (Å²) in [6.45, 7) is 6.54. The van der Waals surface area contributed by atoms with Gasteiger partial charge in [0, 0.05) is 43.5 Å². The molecule has 2 aliphatic rings. The average Bonchev–Trinajstić information content (AvgIpc) is 2.85. The van der Waals surface area contributed by atoms with Crippen molar-refractivity contribution in [1.82, 2.24) is 15.2 Å². The van der Waals surface area contributed by atoms with Crippen LogP contribution in [0, 0.1) is 12.8 Å². The van der Waals surface area contributed by atoms with E-state index in [-0.39, 0.29) is 12.4 Å². The number of nitrogens with one attached hydrogen (secondary N) is 1. The highest BCUT2D eigenvalue weighted by atomic mass is 35.5. The Labute approximate surface area is 127 Å². The van der Waals surface area contributed by atoms with Crippen molar-refractivity contribution in [2.45, 2.75) is 32.4 Å². The molecule has 2 aliphatic heterocycles. The summed E-state index contributed by atoms with van der Waals surface area (Å²) in [6.07, 6.45) is 2.60. The van der Waals surface area contributed by atoms with E-state index >= 15 is 0 Å². The fourth-order valence-corrected chi connectivity index (χ4v) is 3.40. The lowest BCUT2D eigenvalue weighted by atomic mass is 9.93. The number of fused-ring (bicyclic) bond motifs is 1. The molecule has 5 heteroatoms. The maximum absolute atomic E-state index is 5.33. The molecule has 112 valence electrons. The largest absolute Gasteiger partial charge is 0.497 e. The van der Waals surface area contributed by atoms with E-state index in [9.17, 15) is 0 Å². The molecular weight excluding hydrogens is 274 g/mol. The fourth-order valence-electron chi connectivity index (χ4n) is 3.40. The molecule has 2 unspecified atom stereocenters. The third-order valence-electron chi connectivity index (χ3n) is 4.34. The number of halogens is 1. The molecule has 2 saturated heterocycles. The van der Waals surface area contributed by atoms with E-state index < -0.39 is 0 Å². The van der Waals surface area contributed by atoms with Crippen molar-refractivity contribution in [2.24, 2.45) is 5.92 Å². The van der Waals surface area contributed by atoms with Gasteiger partial charge in [0.25, 0.3) is 0 Å². The smallest absolute Gasteiger partial charge is 0.122 e. The van der Waals surface area contributed by atoms with E-state index in [2.05, 4.69) is 21.3 Å². The van der Waals surface area contributed by atoms with Gasteiger partial charge in [-0.2, -0.15) is 0 Å². The Balaban J connectivity index is 0.00000147. The zero-order valence-corrected chi connectivity index (χ0v) is 13.1. The molecule has 0 radical (unpaired) electrons. The summed E-state index contributed by atoms with van der Waals surface area (Å²) < 4.78 is 5.33. The Morgan fingerprint density at radius 1 is 1.40 bits per heavy atom. The molecular formula is C15H24ClN3O. The summed E-state index contributed by atoms with van der Waals surface area (Å²) in [5.41, 5.74) is 2.16. The van der Waals surface area contributed by atoms with Crippen LogP contribution in [-0.4, -0.2) is 42.7 Å². The van der Waals surface area contributed by atoms with Gasteiger partial charge in [-0.05, 0) is 32.2 Å². The molecule has 0 amide bonds. The Morgan fingerprint density at radius 2 is 2.25 bits per heavy atom. The van der Waals surface area contributed by atoms with Crippen LogP contribution in [0.3, 0.4) is 0 Å². The molecule has 0 spiro atoms. The second-order valence-corrected chi connectivity index (χ2v) is 5.77. The van der Waals surface area contributed by atoms with E-state index in [0.717, 1.165) is 35.6 Å². The van der Waals surface area contributed by atoms with Crippen LogP contribution in [0.2, 0.25) is 0 Å². The zero-order valence-electron chi connectivity index (χ0n) is 12.3. The molecule has 2 fully saturated rings. The number of likely N-dealkylation sites (tertiary alicyclic amines) is 1. The second kappa shape index (κ2) is 6.74. The molecule has 1 aromatic heterocycles. The summed E-state index contributed by atoms with van der Waals surface area (Å²) in [6, 6.07) is 4.80. The fraction of sp³-hybridized carbons (Fsp3) is 0.667. The van der Waals surface area contributed by atoms with Gasteiger partial charge in [0.2, 0.25) is 0 Å². The van der Waals surface area contributed by atoms with Crippen LogP contribution in [0.25, 0.3) is 0 Å². The number of rotatable bonds is 3. The molecule has 1 N–H and O–H groups in total. The Bertz CT molecular complexity index is 455. The molecule has 2 atom stereocenters. The van der Waals surface area contributed by atoms with Crippen LogP contribution in [0.4, 0.5) is 0 Å². The van der Waals surface area contributed by atoms with E-state index in [1.54, 1.807) is 7.11 Å². The topological polar surface area (TPSA) is 37.4 Å². The van der Waals surface area contributed by atoms with Gasteiger partial charge in [-0.3, -0.25) is 9.88 Å². The first kappa shape index (κ1) is 15.5. The summed E-state index contributed by atoms with van der Waals surface area (Å²) in [5.74, 6) is 1.75. The predicted molar refractivity (Wildman–Crippen MR) is 82.6 cm³/mol. The lowest BCUT2D eigenvalue weighted by Gasteiger charge is -2.34. The first-order valence-corrected chi connectivity index (χ1v) is 7.22. The van der Waals surface area contributed by atoms with Gasteiger partial charge in [0.15, 0.2) is 0 Å². The molecule has 1 aromatic rings. The Hall–Kier alpha value is -0.840. The van der Waals surface area contributed by atoms with Crippen molar-refractivity contribution >= 4 is 12.4 Å². The van der Waals surface area contributed by atoms with Crippen LogP contribution >= 0.6 is 12.4 Å². The van der Waals surface area contributed by atoms with Gasteiger partial charge in [-0.25, -0.2) is 0 Å². The quantitative estimate of drug-likeness (QED) is 0.926. The van der Waals surface area contributed by atoms with Gasteiger partial charge in [-0.1, -0.05) is 0 Å². The molecule has 0 saturated carbocycles. The number of ether oxygens (including phenoxy) is 1. The molecule has 0 aromatic carbocycles. The molecule has 20 heavy (non-hydrogen) atoms. The standard InChI is InChI=1S/C15H23N3O.ClH/c1-11-7-14(19-2)8-13(17-11)10-18-6-4-15-12(9-18)3-5-16-15;/h7-8,12,15-16H,3-6,9-10H2,1-2H3;1H. The Morgan fingerprint density at radius 3 is 3.05 bits per heavy atom. The van der Waals surface area contributed by atoms with E-state index in [0.29, 0.717) is 0 Å².